The van der Waals surface area contributed by atoms with Gasteiger partial charge in [-0.05, 0) is 24.7 Å². The highest BCUT2D eigenvalue weighted by atomic mass is 16.1. The Hall–Kier alpha value is -1.85. The van der Waals surface area contributed by atoms with Crippen molar-refractivity contribution in [3.05, 3.63) is 22.9 Å². The molecule has 2 atom stereocenters. The first kappa shape index (κ1) is 11.3. The second-order valence-corrected chi connectivity index (χ2v) is 5.20. The van der Waals surface area contributed by atoms with Crippen molar-refractivity contribution in [3.8, 4) is 0 Å². The largest absolute Gasteiger partial charge is 0.370 e. The van der Waals surface area contributed by atoms with E-state index in [1.54, 1.807) is 6.07 Å². The first-order chi connectivity index (χ1) is 8.72. The van der Waals surface area contributed by atoms with Crippen LogP contribution < -0.4 is 11.0 Å². The topological polar surface area (TPSA) is 75.1 Å². The third kappa shape index (κ3) is 2.10. The van der Waals surface area contributed by atoms with Gasteiger partial charge in [0.25, 0.3) is 0 Å². The SMILES string of the molecule is CC1CCC(CNc2cc3n[nH]c(=O)n3cn2)C1. The normalized spacial score (nSPS) is 23.6. The smallest absolute Gasteiger partial charge is 0.348 e. The van der Waals surface area contributed by atoms with Crippen molar-refractivity contribution in [2.45, 2.75) is 26.2 Å². The Labute approximate surface area is 104 Å². The number of fused-ring (bicyclic) bond motifs is 1. The van der Waals surface area contributed by atoms with Crippen LogP contribution in [0, 0.1) is 11.8 Å². The molecule has 1 aliphatic rings. The Morgan fingerprint density at radius 2 is 2.44 bits per heavy atom. The maximum atomic E-state index is 11.3. The van der Waals surface area contributed by atoms with E-state index in [9.17, 15) is 4.79 Å². The highest BCUT2D eigenvalue weighted by molar-refractivity contribution is 5.48. The third-order valence-electron chi connectivity index (χ3n) is 3.69. The monoisotopic (exact) mass is 247 g/mol. The second-order valence-electron chi connectivity index (χ2n) is 5.20. The van der Waals surface area contributed by atoms with Crippen molar-refractivity contribution in [1.82, 2.24) is 19.6 Å². The van der Waals surface area contributed by atoms with E-state index < -0.39 is 0 Å². The van der Waals surface area contributed by atoms with Gasteiger partial charge in [-0.25, -0.2) is 19.3 Å². The molecule has 2 aromatic rings. The molecule has 3 rings (SSSR count). The van der Waals surface area contributed by atoms with Crippen LogP contribution in [0.25, 0.3) is 5.65 Å². The molecule has 96 valence electrons. The number of nitrogens with zero attached hydrogens (tertiary/aromatic N) is 3. The number of rotatable bonds is 3. The molecule has 1 saturated carbocycles. The maximum absolute atomic E-state index is 11.3. The van der Waals surface area contributed by atoms with Gasteiger partial charge in [-0.1, -0.05) is 13.3 Å². The zero-order chi connectivity index (χ0) is 12.5. The zero-order valence-electron chi connectivity index (χ0n) is 10.4. The molecule has 0 amide bonds. The molecule has 0 bridgehead atoms. The molecule has 6 heteroatoms. The first-order valence-corrected chi connectivity index (χ1v) is 6.39. The molecule has 1 aliphatic carbocycles. The number of H-pyrrole nitrogens is 1. The van der Waals surface area contributed by atoms with Gasteiger partial charge >= 0.3 is 5.69 Å². The van der Waals surface area contributed by atoms with Gasteiger partial charge in [0.05, 0.1) is 0 Å². The van der Waals surface area contributed by atoms with E-state index in [0.717, 1.165) is 24.2 Å². The summed E-state index contributed by atoms with van der Waals surface area (Å²) in [5, 5.41) is 9.64. The minimum atomic E-state index is -0.256. The second kappa shape index (κ2) is 4.44. The molecule has 6 nitrogen and oxygen atoms in total. The summed E-state index contributed by atoms with van der Waals surface area (Å²) in [5.74, 6) is 2.36. The highest BCUT2D eigenvalue weighted by Gasteiger charge is 2.20. The lowest BCUT2D eigenvalue weighted by atomic mass is 10.1. The molecule has 0 aliphatic heterocycles. The van der Waals surface area contributed by atoms with Gasteiger partial charge in [0, 0.05) is 12.6 Å². The average molecular weight is 247 g/mol. The number of aromatic nitrogens is 4. The minimum absolute atomic E-state index is 0.256. The van der Waals surface area contributed by atoms with Crippen LogP contribution in [0.3, 0.4) is 0 Å². The van der Waals surface area contributed by atoms with Crippen molar-refractivity contribution in [1.29, 1.82) is 0 Å². The van der Waals surface area contributed by atoms with Gasteiger partial charge in [0.2, 0.25) is 0 Å². The summed E-state index contributed by atoms with van der Waals surface area (Å²) in [6.07, 6.45) is 5.41. The number of hydrogen-bond acceptors (Lipinski definition) is 4. The summed E-state index contributed by atoms with van der Waals surface area (Å²) in [7, 11) is 0. The molecule has 0 spiro atoms. The van der Waals surface area contributed by atoms with Gasteiger partial charge in [-0.2, -0.15) is 5.10 Å². The minimum Gasteiger partial charge on any atom is -0.370 e. The Balaban J connectivity index is 1.69. The van der Waals surface area contributed by atoms with Gasteiger partial charge < -0.3 is 5.32 Å². The average Bonchev–Trinajstić information content (AvgIpc) is 2.94. The lowest BCUT2D eigenvalue weighted by Crippen LogP contribution is -2.14. The standard InChI is InChI=1S/C12H17N5O/c1-8-2-3-9(4-8)6-13-10-5-11-15-16-12(18)17(11)7-14-10/h5,7-9,13H,2-4,6H2,1H3,(H,16,18). The van der Waals surface area contributed by atoms with Crippen LogP contribution in [-0.2, 0) is 0 Å². The van der Waals surface area contributed by atoms with E-state index >= 15 is 0 Å². The van der Waals surface area contributed by atoms with Crippen LogP contribution in [0.4, 0.5) is 5.82 Å². The van der Waals surface area contributed by atoms with E-state index in [0.29, 0.717) is 5.65 Å². The predicted molar refractivity (Wildman–Crippen MR) is 68.6 cm³/mol. The summed E-state index contributed by atoms with van der Waals surface area (Å²) in [6, 6.07) is 1.79. The van der Waals surface area contributed by atoms with Crippen molar-refractivity contribution in [2.75, 3.05) is 11.9 Å². The van der Waals surface area contributed by atoms with E-state index in [1.807, 2.05) is 0 Å². The van der Waals surface area contributed by atoms with Crippen molar-refractivity contribution in [3.63, 3.8) is 0 Å². The van der Waals surface area contributed by atoms with Crippen LogP contribution >= 0.6 is 0 Å². The van der Waals surface area contributed by atoms with E-state index in [2.05, 4.69) is 27.4 Å². The van der Waals surface area contributed by atoms with Crippen LogP contribution in [0.1, 0.15) is 26.2 Å². The Morgan fingerprint density at radius 1 is 1.56 bits per heavy atom. The maximum Gasteiger partial charge on any atom is 0.348 e. The Kier molecular flexibility index (Phi) is 2.77. The third-order valence-corrected chi connectivity index (χ3v) is 3.69. The van der Waals surface area contributed by atoms with Gasteiger partial charge in [-0.15, -0.1) is 0 Å². The van der Waals surface area contributed by atoms with E-state index in [-0.39, 0.29) is 5.69 Å². The summed E-state index contributed by atoms with van der Waals surface area (Å²) in [4.78, 5) is 15.5. The van der Waals surface area contributed by atoms with Gasteiger partial charge in [0.1, 0.15) is 12.1 Å². The molecule has 0 radical (unpaired) electrons. The fourth-order valence-corrected chi connectivity index (χ4v) is 2.67. The molecule has 2 aromatic heterocycles. The summed E-state index contributed by atoms with van der Waals surface area (Å²) >= 11 is 0. The van der Waals surface area contributed by atoms with Crippen molar-refractivity contribution < 1.29 is 0 Å². The van der Waals surface area contributed by atoms with Gasteiger partial charge in [-0.3, -0.25) is 0 Å². The number of hydrogen-bond donors (Lipinski definition) is 2. The van der Waals surface area contributed by atoms with Crippen molar-refractivity contribution in [2.24, 2.45) is 11.8 Å². The van der Waals surface area contributed by atoms with Crippen molar-refractivity contribution >= 4 is 11.5 Å². The van der Waals surface area contributed by atoms with Crippen LogP contribution in [-0.4, -0.2) is 26.1 Å². The van der Waals surface area contributed by atoms with E-state index in [4.69, 9.17) is 0 Å². The molecule has 0 aromatic carbocycles. The lowest BCUT2D eigenvalue weighted by molar-refractivity contribution is 0.536. The molecule has 1 fully saturated rings. The molecular weight excluding hydrogens is 230 g/mol. The molecular formula is C12H17N5O. The molecule has 2 unspecified atom stereocenters. The summed E-state index contributed by atoms with van der Waals surface area (Å²) in [5.41, 5.74) is 0.339. The highest BCUT2D eigenvalue weighted by Crippen LogP contribution is 2.30. The van der Waals surface area contributed by atoms with Crippen LogP contribution in [0.2, 0.25) is 0 Å². The molecule has 2 N–H and O–H groups in total. The Morgan fingerprint density at radius 3 is 3.22 bits per heavy atom. The van der Waals surface area contributed by atoms with Crippen LogP contribution in [0.5, 0.6) is 0 Å². The molecule has 2 heterocycles. The summed E-state index contributed by atoms with van der Waals surface area (Å²) in [6.45, 7) is 3.25. The van der Waals surface area contributed by atoms with E-state index in [1.165, 1.54) is 30.0 Å². The molecule has 0 saturated heterocycles. The summed E-state index contributed by atoms with van der Waals surface area (Å²) < 4.78 is 1.39. The number of nitrogens with one attached hydrogen (secondary N) is 2. The first-order valence-electron chi connectivity index (χ1n) is 6.39. The lowest BCUT2D eigenvalue weighted by Gasteiger charge is -2.11. The van der Waals surface area contributed by atoms with Gasteiger partial charge in [0.15, 0.2) is 5.65 Å². The predicted octanol–water partition coefficient (Wildman–Crippen LogP) is 1.27. The number of anilines is 1. The quantitative estimate of drug-likeness (QED) is 0.856. The Bertz CT molecular complexity index is 602. The number of aromatic amines is 1. The zero-order valence-corrected chi connectivity index (χ0v) is 10.4. The van der Waals surface area contributed by atoms with Crippen LogP contribution in [0.15, 0.2) is 17.2 Å². The fourth-order valence-electron chi connectivity index (χ4n) is 2.67. The molecule has 18 heavy (non-hydrogen) atoms. The fraction of sp³-hybridized carbons (Fsp3) is 0.583.